The van der Waals surface area contributed by atoms with E-state index in [-0.39, 0.29) is 24.6 Å². The van der Waals surface area contributed by atoms with E-state index in [9.17, 15) is 13.5 Å². The number of hydrogen-bond acceptors (Lipinski definition) is 4. The second-order valence-corrected chi connectivity index (χ2v) is 11.8. The van der Waals surface area contributed by atoms with Gasteiger partial charge in [0.2, 0.25) is 10.0 Å². The van der Waals surface area contributed by atoms with Gasteiger partial charge < -0.3 is 5.11 Å². The Bertz CT molecular complexity index is 1290. The molecule has 0 aliphatic carbocycles. The van der Waals surface area contributed by atoms with Crippen molar-refractivity contribution in [3.8, 4) is 11.1 Å². The van der Waals surface area contributed by atoms with Crippen LogP contribution in [0.5, 0.6) is 0 Å². The van der Waals surface area contributed by atoms with Crippen LogP contribution in [0.15, 0.2) is 77.7 Å². The molecule has 5 nitrogen and oxygen atoms in total. The lowest BCUT2D eigenvalue weighted by Gasteiger charge is -2.57. The van der Waals surface area contributed by atoms with E-state index >= 15 is 0 Å². The number of aliphatic hydroxyl groups excluding tert-OH is 1. The van der Waals surface area contributed by atoms with Crippen molar-refractivity contribution in [2.45, 2.75) is 49.6 Å². The normalized spacial score (nSPS) is 23.7. The van der Waals surface area contributed by atoms with E-state index in [0.717, 1.165) is 36.1 Å². The Balaban J connectivity index is 1.43. The molecule has 6 heteroatoms. The molecule has 35 heavy (non-hydrogen) atoms. The minimum absolute atomic E-state index is 0.0194. The van der Waals surface area contributed by atoms with Gasteiger partial charge in [-0.2, -0.15) is 4.31 Å². The average molecular weight is 491 g/mol. The SMILES string of the molecule is Cc1cccc(-c2ccc([C@@H]3[C@@H](CO)N4CCCCN(S(=O)(=O)c5ccccc5C)C[C@H]34)cc2)c1. The summed E-state index contributed by atoms with van der Waals surface area (Å²) in [6, 6.07) is 24.4. The predicted molar refractivity (Wildman–Crippen MR) is 140 cm³/mol. The third-order valence-corrected chi connectivity index (χ3v) is 9.72. The van der Waals surface area contributed by atoms with Crippen molar-refractivity contribution in [3.63, 3.8) is 0 Å². The third kappa shape index (κ3) is 4.56. The Labute approximate surface area is 209 Å². The van der Waals surface area contributed by atoms with Crippen molar-refractivity contribution < 1.29 is 13.5 Å². The van der Waals surface area contributed by atoms with Crippen LogP contribution in [0.2, 0.25) is 0 Å². The highest BCUT2D eigenvalue weighted by Crippen LogP contribution is 2.43. The summed E-state index contributed by atoms with van der Waals surface area (Å²) in [5, 5.41) is 10.2. The first-order chi connectivity index (χ1) is 16.9. The Morgan fingerprint density at radius 1 is 0.886 bits per heavy atom. The van der Waals surface area contributed by atoms with Gasteiger partial charge in [-0.25, -0.2) is 8.42 Å². The highest BCUT2D eigenvalue weighted by molar-refractivity contribution is 7.89. The van der Waals surface area contributed by atoms with Crippen LogP contribution in [0.4, 0.5) is 0 Å². The summed E-state index contributed by atoms with van der Waals surface area (Å²) in [5.74, 6) is 0.0965. The van der Waals surface area contributed by atoms with Gasteiger partial charge >= 0.3 is 0 Å². The first-order valence-corrected chi connectivity index (χ1v) is 13.9. The largest absolute Gasteiger partial charge is 0.395 e. The molecule has 3 aromatic carbocycles. The zero-order valence-electron chi connectivity index (χ0n) is 20.5. The number of sulfonamides is 1. The van der Waals surface area contributed by atoms with Gasteiger partial charge in [0.25, 0.3) is 0 Å². The number of fused-ring (bicyclic) bond motifs is 1. The van der Waals surface area contributed by atoms with Crippen LogP contribution < -0.4 is 0 Å². The van der Waals surface area contributed by atoms with E-state index in [4.69, 9.17) is 0 Å². The highest BCUT2D eigenvalue weighted by atomic mass is 32.2. The number of hydrogen-bond donors (Lipinski definition) is 1. The fourth-order valence-corrected chi connectivity index (χ4v) is 7.56. The summed E-state index contributed by atoms with van der Waals surface area (Å²) in [6.45, 7) is 5.89. The Hall–Kier alpha value is -2.51. The van der Waals surface area contributed by atoms with Crippen molar-refractivity contribution in [1.82, 2.24) is 9.21 Å². The molecule has 5 rings (SSSR count). The van der Waals surface area contributed by atoms with Gasteiger partial charge in [0, 0.05) is 31.1 Å². The third-order valence-electron chi connectivity index (χ3n) is 7.69. The molecule has 0 aromatic heterocycles. The summed E-state index contributed by atoms with van der Waals surface area (Å²) in [5.41, 5.74) is 5.51. The molecular formula is C29H34N2O3S. The summed E-state index contributed by atoms with van der Waals surface area (Å²) in [4.78, 5) is 2.71. The monoisotopic (exact) mass is 490 g/mol. The lowest BCUT2D eigenvalue weighted by atomic mass is 9.74. The van der Waals surface area contributed by atoms with Gasteiger partial charge in [0.1, 0.15) is 0 Å². The maximum absolute atomic E-state index is 13.6. The maximum atomic E-state index is 13.6. The molecule has 0 spiro atoms. The summed E-state index contributed by atoms with van der Waals surface area (Å²) in [6.07, 6.45) is 1.74. The Morgan fingerprint density at radius 3 is 2.34 bits per heavy atom. The first kappa shape index (κ1) is 24.2. The van der Waals surface area contributed by atoms with E-state index < -0.39 is 10.0 Å². The van der Waals surface area contributed by atoms with E-state index in [1.165, 1.54) is 11.1 Å². The minimum atomic E-state index is -3.59. The molecule has 0 bridgehead atoms. The summed E-state index contributed by atoms with van der Waals surface area (Å²) in [7, 11) is -3.59. The molecular weight excluding hydrogens is 456 g/mol. The van der Waals surface area contributed by atoms with Gasteiger partial charge in [-0.3, -0.25) is 4.90 Å². The van der Waals surface area contributed by atoms with Gasteiger partial charge in [-0.15, -0.1) is 0 Å². The van der Waals surface area contributed by atoms with E-state index in [1.807, 2.05) is 19.1 Å². The molecule has 2 fully saturated rings. The van der Waals surface area contributed by atoms with E-state index in [0.29, 0.717) is 18.0 Å². The Morgan fingerprint density at radius 2 is 1.63 bits per heavy atom. The maximum Gasteiger partial charge on any atom is 0.243 e. The second kappa shape index (κ2) is 9.86. The molecule has 2 aliphatic rings. The zero-order valence-corrected chi connectivity index (χ0v) is 21.3. The van der Waals surface area contributed by atoms with Crippen LogP contribution in [0.25, 0.3) is 11.1 Å². The molecule has 2 heterocycles. The molecule has 0 amide bonds. The van der Waals surface area contributed by atoms with Gasteiger partial charge in [-0.05, 0) is 61.6 Å². The smallest absolute Gasteiger partial charge is 0.243 e. The van der Waals surface area contributed by atoms with Gasteiger partial charge in [-0.1, -0.05) is 72.3 Å². The molecule has 3 atom stereocenters. The zero-order chi connectivity index (χ0) is 24.6. The van der Waals surface area contributed by atoms with Crippen molar-refractivity contribution in [2.75, 3.05) is 26.2 Å². The number of aryl methyl sites for hydroxylation is 2. The van der Waals surface area contributed by atoms with Crippen LogP contribution >= 0.6 is 0 Å². The van der Waals surface area contributed by atoms with Crippen molar-refractivity contribution in [3.05, 3.63) is 89.5 Å². The van der Waals surface area contributed by atoms with Crippen molar-refractivity contribution in [1.29, 1.82) is 0 Å². The van der Waals surface area contributed by atoms with E-state index in [2.05, 4.69) is 60.4 Å². The Kier molecular flexibility index (Phi) is 6.82. The van der Waals surface area contributed by atoms with Crippen LogP contribution in [-0.4, -0.2) is 61.1 Å². The molecule has 2 aliphatic heterocycles. The highest BCUT2D eigenvalue weighted by Gasteiger charge is 2.50. The molecule has 1 N–H and O–H groups in total. The molecule has 0 saturated carbocycles. The fraction of sp³-hybridized carbons (Fsp3) is 0.379. The lowest BCUT2D eigenvalue weighted by Crippen LogP contribution is -2.67. The standard InChI is InChI=1S/C29H34N2O3S/c1-21-8-7-10-25(18-21)23-12-14-24(15-13-23)29-26-19-30(16-5-6-17-31(26)27(29)20-32)35(33,34)28-11-4-3-9-22(28)2/h3-4,7-15,18,26-27,29,32H,5-6,16-17,19-20H2,1-2H3/t26-,27-,29+/m1/s1. The quantitative estimate of drug-likeness (QED) is 0.569. The number of rotatable bonds is 5. The van der Waals surface area contributed by atoms with Gasteiger partial charge in [0.15, 0.2) is 0 Å². The second-order valence-electron chi connectivity index (χ2n) is 9.91. The molecule has 184 valence electrons. The van der Waals surface area contributed by atoms with Crippen LogP contribution in [0, 0.1) is 13.8 Å². The molecule has 3 aromatic rings. The van der Waals surface area contributed by atoms with Crippen molar-refractivity contribution >= 4 is 10.0 Å². The molecule has 2 saturated heterocycles. The lowest BCUT2D eigenvalue weighted by molar-refractivity contribution is -0.0553. The minimum Gasteiger partial charge on any atom is -0.395 e. The van der Waals surface area contributed by atoms with Crippen molar-refractivity contribution in [2.24, 2.45) is 0 Å². The fourth-order valence-electron chi connectivity index (χ4n) is 5.83. The summed E-state index contributed by atoms with van der Waals surface area (Å²) < 4.78 is 28.9. The molecule has 0 unspecified atom stereocenters. The first-order valence-electron chi connectivity index (χ1n) is 12.5. The van der Waals surface area contributed by atoms with Crippen LogP contribution in [0.3, 0.4) is 0 Å². The number of aliphatic hydroxyl groups is 1. The number of nitrogens with zero attached hydrogens (tertiary/aromatic N) is 2. The van der Waals surface area contributed by atoms with Gasteiger partial charge in [0.05, 0.1) is 11.5 Å². The summed E-state index contributed by atoms with van der Waals surface area (Å²) >= 11 is 0. The van der Waals surface area contributed by atoms with E-state index in [1.54, 1.807) is 16.4 Å². The van der Waals surface area contributed by atoms with Crippen LogP contribution in [0.1, 0.15) is 35.4 Å². The average Bonchev–Trinajstić information content (AvgIpc) is 2.83. The van der Waals surface area contributed by atoms with Crippen LogP contribution in [-0.2, 0) is 10.0 Å². The topological polar surface area (TPSA) is 60.9 Å². The number of benzene rings is 3. The predicted octanol–water partition coefficient (Wildman–Crippen LogP) is 4.58. The molecule has 0 radical (unpaired) electrons.